The van der Waals surface area contributed by atoms with Gasteiger partial charge < -0.3 is 0 Å². The minimum atomic E-state index is 0.117. The highest BCUT2D eigenvalue weighted by Crippen LogP contribution is 2.48. The monoisotopic (exact) mass is 356 g/mol. The molecule has 4 unspecified atom stereocenters. The van der Waals surface area contributed by atoms with Gasteiger partial charge in [0.05, 0.1) is 16.2 Å². The van der Waals surface area contributed by atoms with Crippen LogP contribution in [0.15, 0.2) is 12.2 Å². The van der Waals surface area contributed by atoms with Gasteiger partial charge in [0, 0.05) is 24.8 Å². The zero-order valence-corrected chi connectivity index (χ0v) is 16.4. The zero-order chi connectivity index (χ0) is 16.6. The van der Waals surface area contributed by atoms with Crippen LogP contribution in [0.1, 0.15) is 65.7 Å². The quantitative estimate of drug-likeness (QED) is 0.453. The number of nitrogens with zero attached hydrogens (tertiary/aromatic N) is 1. The maximum absolute atomic E-state index is 6.54. The topological polar surface area (TPSA) is 3.01 Å². The minimum absolute atomic E-state index is 0.117. The second-order valence-corrected chi connectivity index (χ2v) is 9.50. The second-order valence-electron chi connectivity index (χ2n) is 8.38. The molecule has 0 spiro atoms. The molecule has 3 heteroatoms. The van der Waals surface area contributed by atoms with Crippen LogP contribution >= 0.6 is 23.2 Å². The van der Waals surface area contributed by atoms with Crippen LogP contribution in [-0.2, 0) is 0 Å². The fourth-order valence-corrected chi connectivity index (χ4v) is 5.74. The summed E-state index contributed by atoms with van der Waals surface area (Å²) in [6.07, 6.45) is 13.8. The number of fused-ring (bicyclic) bond motifs is 1. The van der Waals surface area contributed by atoms with E-state index in [4.69, 9.17) is 23.2 Å². The van der Waals surface area contributed by atoms with Gasteiger partial charge in [0.25, 0.3) is 0 Å². The Bertz CT molecular complexity index is 488. The maximum atomic E-state index is 6.54. The lowest BCUT2D eigenvalue weighted by atomic mass is 9.69. The molecule has 0 bridgehead atoms. The summed E-state index contributed by atoms with van der Waals surface area (Å²) in [6, 6.07) is 0.575. The van der Waals surface area contributed by atoms with Gasteiger partial charge >= 0.3 is 0 Å². The first-order valence-corrected chi connectivity index (χ1v) is 10.4. The molecule has 0 N–H and O–H groups in total. The summed E-state index contributed by atoms with van der Waals surface area (Å²) >= 11 is 13.1. The molecule has 3 rings (SSSR count). The molecule has 2 saturated carbocycles. The predicted octanol–water partition coefficient (Wildman–Crippen LogP) is 5.63. The van der Waals surface area contributed by atoms with E-state index in [0.717, 1.165) is 25.3 Å². The lowest BCUT2D eigenvalue weighted by Gasteiger charge is -2.35. The van der Waals surface area contributed by atoms with Crippen LogP contribution in [0.25, 0.3) is 0 Å². The van der Waals surface area contributed by atoms with Crippen LogP contribution in [0.2, 0.25) is 0 Å². The summed E-state index contributed by atoms with van der Waals surface area (Å²) in [5, 5.41) is 0.241. The van der Waals surface area contributed by atoms with Crippen molar-refractivity contribution >= 4 is 28.9 Å². The molecule has 3 aliphatic rings. The van der Waals surface area contributed by atoms with Crippen molar-refractivity contribution in [2.24, 2.45) is 17.3 Å². The molecule has 0 radical (unpaired) electrons. The van der Waals surface area contributed by atoms with Gasteiger partial charge in [-0.3, -0.25) is 0 Å². The van der Waals surface area contributed by atoms with E-state index in [1.165, 1.54) is 37.8 Å². The van der Waals surface area contributed by atoms with Crippen LogP contribution in [0.5, 0.6) is 0 Å². The summed E-state index contributed by atoms with van der Waals surface area (Å²) in [5.41, 5.74) is 1.75. The minimum Gasteiger partial charge on any atom is -0.230 e. The molecule has 0 amide bonds. The highest BCUT2D eigenvalue weighted by Gasteiger charge is 2.57. The fraction of sp³-hybridized carbons (Fsp3) is 0.850. The predicted molar refractivity (Wildman–Crippen MR) is 101 cm³/mol. The van der Waals surface area contributed by atoms with Gasteiger partial charge in [0.2, 0.25) is 0 Å². The molecule has 1 heterocycles. The van der Waals surface area contributed by atoms with Gasteiger partial charge in [0.1, 0.15) is 6.54 Å². The van der Waals surface area contributed by atoms with Crippen molar-refractivity contribution in [3.8, 4) is 0 Å². The normalized spacial score (nSPS) is 37.8. The highest BCUT2D eigenvalue weighted by atomic mass is 35.5. The Balaban J connectivity index is 1.90. The molecule has 1 aliphatic heterocycles. The largest absolute Gasteiger partial charge is 0.230 e. The summed E-state index contributed by atoms with van der Waals surface area (Å²) in [6.45, 7) is 8.27. The number of rotatable bonds is 4. The van der Waals surface area contributed by atoms with Crippen LogP contribution < -0.4 is 0 Å². The van der Waals surface area contributed by atoms with Crippen LogP contribution in [0.3, 0.4) is 0 Å². The Morgan fingerprint density at radius 1 is 1.13 bits per heavy atom. The third kappa shape index (κ3) is 3.38. The maximum Gasteiger partial charge on any atom is 0.182 e. The molecule has 0 saturated heterocycles. The lowest BCUT2D eigenvalue weighted by Crippen LogP contribution is -2.43. The van der Waals surface area contributed by atoms with Gasteiger partial charge in [-0.25, -0.2) is 4.58 Å². The van der Waals surface area contributed by atoms with Crippen LogP contribution in [-0.4, -0.2) is 33.6 Å². The summed E-state index contributed by atoms with van der Waals surface area (Å²) in [7, 11) is 0. The number of alkyl halides is 2. The molecule has 1 nitrogen and oxygen atoms in total. The summed E-state index contributed by atoms with van der Waals surface area (Å²) in [4.78, 5) is 0. The fourth-order valence-electron chi connectivity index (χ4n) is 5.16. The van der Waals surface area contributed by atoms with Gasteiger partial charge in [-0.2, -0.15) is 0 Å². The Morgan fingerprint density at radius 2 is 1.78 bits per heavy atom. The molecular weight excluding hydrogens is 325 g/mol. The van der Waals surface area contributed by atoms with Crippen molar-refractivity contribution in [3.63, 3.8) is 0 Å². The first-order valence-electron chi connectivity index (χ1n) is 9.55. The molecule has 0 aromatic carbocycles. The van der Waals surface area contributed by atoms with E-state index in [0.29, 0.717) is 12.0 Å². The molecule has 130 valence electrons. The summed E-state index contributed by atoms with van der Waals surface area (Å²) < 4.78 is 2.67. The number of allylic oxidation sites excluding steroid dienone is 2. The van der Waals surface area contributed by atoms with Crippen molar-refractivity contribution in [2.45, 2.75) is 82.5 Å². The molecule has 0 aromatic heterocycles. The Labute approximate surface area is 152 Å². The van der Waals surface area contributed by atoms with Crippen LogP contribution in [0, 0.1) is 17.3 Å². The van der Waals surface area contributed by atoms with Crippen LogP contribution in [0.4, 0.5) is 0 Å². The molecule has 23 heavy (non-hydrogen) atoms. The van der Waals surface area contributed by atoms with Crippen molar-refractivity contribution < 1.29 is 4.58 Å². The first-order chi connectivity index (χ1) is 10.9. The zero-order valence-electron chi connectivity index (χ0n) is 14.9. The van der Waals surface area contributed by atoms with Gasteiger partial charge in [-0.1, -0.05) is 25.8 Å². The molecule has 0 aromatic rings. The van der Waals surface area contributed by atoms with Crippen molar-refractivity contribution in [1.82, 2.24) is 0 Å². The van der Waals surface area contributed by atoms with Gasteiger partial charge in [-0.15, -0.1) is 23.2 Å². The smallest absolute Gasteiger partial charge is 0.182 e. The molecule has 2 fully saturated rings. The second kappa shape index (κ2) is 7.08. The first kappa shape index (κ1) is 17.8. The lowest BCUT2D eigenvalue weighted by molar-refractivity contribution is -0.566. The van der Waals surface area contributed by atoms with E-state index in [2.05, 4.69) is 37.5 Å². The van der Waals surface area contributed by atoms with E-state index in [1.807, 2.05) is 0 Å². The van der Waals surface area contributed by atoms with Crippen molar-refractivity contribution in [1.29, 1.82) is 0 Å². The third-order valence-corrected chi connectivity index (χ3v) is 7.58. The van der Waals surface area contributed by atoms with Crippen molar-refractivity contribution in [3.05, 3.63) is 12.2 Å². The molecule has 4 atom stereocenters. The number of hydrogen-bond donors (Lipinski definition) is 0. The Kier molecular flexibility index (Phi) is 5.48. The van der Waals surface area contributed by atoms with E-state index in [1.54, 1.807) is 0 Å². The Hall–Kier alpha value is -0.0100. The number of hydrogen-bond acceptors (Lipinski definition) is 0. The van der Waals surface area contributed by atoms with E-state index < -0.39 is 0 Å². The van der Waals surface area contributed by atoms with E-state index in [-0.39, 0.29) is 16.2 Å². The van der Waals surface area contributed by atoms with E-state index >= 15 is 0 Å². The van der Waals surface area contributed by atoms with Crippen molar-refractivity contribution in [2.75, 3.05) is 6.54 Å². The number of halogens is 2. The summed E-state index contributed by atoms with van der Waals surface area (Å²) in [5.74, 6) is 1.43. The Morgan fingerprint density at radius 3 is 2.43 bits per heavy atom. The standard InChI is InChI=1S/C20H32Cl2N/c1-4-11-23-18-13-17(22)16(21)12-15(18)20(2,3)19(23)10-9-14-7-5-6-8-14/h9-10,14-18H,4-8,11-13H2,1-3H3/q+1/b10-9+. The van der Waals surface area contributed by atoms with Gasteiger partial charge in [0.15, 0.2) is 11.8 Å². The van der Waals surface area contributed by atoms with E-state index in [9.17, 15) is 0 Å². The SMILES string of the molecule is CCC[N+]1=C(/C=C/C2CCCC2)C(C)(C)C2CC(Cl)C(Cl)CC21. The molecule has 2 aliphatic carbocycles. The van der Waals surface area contributed by atoms with Gasteiger partial charge in [-0.05, 0) is 39.0 Å². The average Bonchev–Trinajstić information content (AvgIpc) is 3.07. The third-order valence-electron chi connectivity index (χ3n) is 6.49. The molecular formula is C20H32Cl2N+. The average molecular weight is 357 g/mol. The highest BCUT2D eigenvalue weighted by molar-refractivity contribution is 6.30.